The van der Waals surface area contributed by atoms with Gasteiger partial charge in [0, 0.05) is 37.0 Å². The van der Waals surface area contributed by atoms with Gasteiger partial charge in [0.05, 0.1) is 10.7 Å². The Kier molecular flexibility index (Phi) is 3.62. The maximum absolute atomic E-state index is 6.02. The first kappa shape index (κ1) is 12.0. The van der Waals surface area contributed by atoms with Crippen molar-refractivity contribution in [3.05, 3.63) is 16.1 Å². The van der Waals surface area contributed by atoms with Gasteiger partial charge in [0.15, 0.2) is 0 Å². The lowest BCUT2D eigenvalue weighted by Crippen LogP contribution is -2.28. The minimum atomic E-state index is 0.336. The van der Waals surface area contributed by atoms with Crippen LogP contribution in [0.4, 0.5) is 0 Å². The molecule has 3 nitrogen and oxygen atoms in total. The average Bonchev–Trinajstić information content (AvgIpc) is 2.76. The van der Waals surface area contributed by atoms with Gasteiger partial charge in [0.2, 0.25) is 0 Å². The van der Waals surface area contributed by atoms with Crippen molar-refractivity contribution in [2.24, 2.45) is 11.7 Å². The van der Waals surface area contributed by atoms with Crippen LogP contribution in [0.2, 0.25) is 0 Å². The molecule has 2 rings (SSSR count). The molecule has 1 aromatic rings. The van der Waals surface area contributed by atoms with E-state index in [9.17, 15) is 0 Å². The van der Waals surface area contributed by atoms with Crippen LogP contribution in [0.25, 0.3) is 0 Å². The van der Waals surface area contributed by atoms with E-state index < -0.39 is 0 Å². The zero-order chi connectivity index (χ0) is 11.7. The van der Waals surface area contributed by atoms with Gasteiger partial charge in [-0.2, -0.15) is 0 Å². The van der Waals surface area contributed by atoms with E-state index in [0.717, 1.165) is 19.6 Å². The highest BCUT2D eigenvalue weighted by Gasteiger charge is 2.26. The Morgan fingerprint density at radius 1 is 1.56 bits per heavy atom. The molecule has 0 aromatic carbocycles. The Morgan fingerprint density at radius 2 is 2.31 bits per heavy atom. The molecule has 1 aliphatic rings. The zero-order valence-corrected chi connectivity index (χ0v) is 11.1. The first-order valence-corrected chi connectivity index (χ1v) is 6.86. The fourth-order valence-corrected chi connectivity index (χ4v) is 2.94. The first-order chi connectivity index (χ1) is 7.56. The number of nitrogens with zero attached hydrogens (tertiary/aromatic N) is 2. The maximum Gasteiger partial charge on any atom is 0.0954 e. The van der Waals surface area contributed by atoms with Gasteiger partial charge in [-0.3, -0.25) is 4.90 Å². The molecule has 16 heavy (non-hydrogen) atoms. The third-order valence-corrected chi connectivity index (χ3v) is 4.39. The van der Waals surface area contributed by atoms with E-state index in [1.165, 1.54) is 10.7 Å². The summed E-state index contributed by atoms with van der Waals surface area (Å²) in [5.74, 6) is 1.15. The molecule has 90 valence electrons. The fourth-order valence-electron chi connectivity index (χ4n) is 2.11. The zero-order valence-electron chi connectivity index (χ0n) is 10.3. The summed E-state index contributed by atoms with van der Waals surface area (Å²) >= 11 is 1.77. The second-order valence-electron chi connectivity index (χ2n) is 5.17. The van der Waals surface area contributed by atoms with Gasteiger partial charge >= 0.3 is 0 Å². The maximum atomic E-state index is 6.02. The predicted molar refractivity (Wildman–Crippen MR) is 68.6 cm³/mol. The minimum Gasteiger partial charge on any atom is -0.326 e. The van der Waals surface area contributed by atoms with Crippen LogP contribution in [-0.2, 0) is 6.54 Å². The van der Waals surface area contributed by atoms with E-state index in [-0.39, 0.29) is 0 Å². The summed E-state index contributed by atoms with van der Waals surface area (Å²) in [5.41, 5.74) is 7.22. The highest BCUT2D eigenvalue weighted by molar-refractivity contribution is 7.09. The van der Waals surface area contributed by atoms with Crippen molar-refractivity contribution >= 4 is 11.3 Å². The van der Waals surface area contributed by atoms with Gasteiger partial charge in [-0.05, 0) is 5.92 Å². The van der Waals surface area contributed by atoms with Gasteiger partial charge in [-0.15, -0.1) is 11.3 Å². The second-order valence-corrected chi connectivity index (χ2v) is 6.06. The number of rotatable bonds is 3. The van der Waals surface area contributed by atoms with Crippen LogP contribution in [0.1, 0.15) is 37.4 Å². The molecule has 1 fully saturated rings. The normalized spacial score (nSPS) is 26.8. The lowest BCUT2D eigenvalue weighted by Gasteiger charge is -2.12. The summed E-state index contributed by atoms with van der Waals surface area (Å²) in [5, 5.41) is 3.43. The summed E-state index contributed by atoms with van der Waals surface area (Å²) < 4.78 is 0. The van der Waals surface area contributed by atoms with Crippen LogP contribution in [0.5, 0.6) is 0 Å². The number of hydrogen-bond acceptors (Lipinski definition) is 4. The molecule has 2 heterocycles. The van der Waals surface area contributed by atoms with Gasteiger partial charge < -0.3 is 5.73 Å². The largest absolute Gasteiger partial charge is 0.326 e. The van der Waals surface area contributed by atoms with Gasteiger partial charge in [0.25, 0.3) is 0 Å². The molecule has 1 saturated heterocycles. The van der Waals surface area contributed by atoms with Gasteiger partial charge in [-0.1, -0.05) is 20.8 Å². The van der Waals surface area contributed by atoms with E-state index in [0.29, 0.717) is 17.9 Å². The van der Waals surface area contributed by atoms with Crippen LogP contribution in [-0.4, -0.2) is 29.0 Å². The third-order valence-electron chi connectivity index (χ3n) is 3.20. The van der Waals surface area contributed by atoms with Crippen molar-refractivity contribution in [1.82, 2.24) is 9.88 Å². The van der Waals surface area contributed by atoms with Gasteiger partial charge in [0.1, 0.15) is 0 Å². The number of aromatic nitrogens is 1. The van der Waals surface area contributed by atoms with Crippen LogP contribution in [0, 0.1) is 5.92 Å². The Morgan fingerprint density at radius 3 is 2.81 bits per heavy atom. The van der Waals surface area contributed by atoms with E-state index >= 15 is 0 Å². The fraction of sp³-hybridized carbons (Fsp3) is 0.750. The number of hydrogen-bond donors (Lipinski definition) is 1. The molecule has 1 aliphatic heterocycles. The molecule has 1 aromatic heterocycles. The van der Waals surface area contributed by atoms with E-state index in [2.05, 4.69) is 36.0 Å². The lowest BCUT2D eigenvalue weighted by atomic mass is 10.1. The molecule has 0 spiro atoms. The van der Waals surface area contributed by atoms with Gasteiger partial charge in [-0.25, -0.2) is 4.98 Å². The predicted octanol–water partition coefficient (Wildman–Crippen LogP) is 2.05. The Bertz CT molecular complexity index is 338. The molecule has 2 unspecified atom stereocenters. The topological polar surface area (TPSA) is 42.2 Å². The molecule has 0 radical (unpaired) electrons. The molecule has 2 atom stereocenters. The average molecular weight is 239 g/mol. The monoisotopic (exact) mass is 239 g/mol. The highest BCUT2D eigenvalue weighted by Crippen LogP contribution is 2.22. The second kappa shape index (κ2) is 4.82. The third kappa shape index (κ3) is 2.62. The van der Waals surface area contributed by atoms with Crippen LogP contribution in [0.3, 0.4) is 0 Å². The van der Waals surface area contributed by atoms with Crippen LogP contribution in [0.15, 0.2) is 5.38 Å². The first-order valence-electron chi connectivity index (χ1n) is 5.98. The Balaban J connectivity index is 1.94. The molecule has 0 saturated carbocycles. The molecule has 0 amide bonds. The molecular weight excluding hydrogens is 218 g/mol. The van der Waals surface area contributed by atoms with Crippen molar-refractivity contribution in [3.63, 3.8) is 0 Å². The SMILES string of the molecule is CC(C)c1nc(CN2CC(C)C(N)C2)cs1. The van der Waals surface area contributed by atoms with Crippen molar-refractivity contribution in [2.45, 2.75) is 39.3 Å². The van der Waals surface area contributed by atoms with Crippen molar-refractivity contribution in [2.75, 3.05) is 13.1 Å². The van der Waals surface area contributed by atoms with Crippen molar-refractivity contribution < 1.29 is 0 Å². The Hall–Kier alpha value is -0.450. The van der Waals surface area contributed by atoms with E-state index in [4.69, 9.17) is 5.73 Å². The van der Waals surface area contributed by atoms with Crippen molar-refractivity contribution in [1.29, 1.82) is 0 Å². The smallest absolute Gasteiger partial charge is 0.0954 e. The molecule has 0 aliphatic carbocycles. The number of likely N-dealkylation sites (tertiary alicyclic amines) is 1. The number of nitrogens with two attached hydrogens (primary N) is 1. The Labute approximate surface area is 102 Å². The summed E-state index contributed by atoms with van der Waals surface area (Å²) in [4.78, 5) is 7.07. The minimum absolute atomic E-state index is 0.336. The molecule has 4 heteroatoms. The summed E-state index contributed by atoms with van der Waals surface area (Å²) in [7, 11) is 0. The molecular formula is C12H21N3S. The molecule has 0 bridgehead atoms. The standard InChI is InChI=1S/C12H21N3S/c1-8(2)12-14-10(7-16-12)5-15-4-9(3)11(13)6-15/h7-9,11H,4-6,13H2,1-3H3. The lowest BCUT2D eigenvalue weighted by molar-refractivity contribution is 0.315. The van der Waals surface area contributed by atoms with Crippen LogP contribution < -0.4 is 5.73 Å². The number of thiazole rings is 1. The van der Waals surface area contributed by atoms with E-state index in [1.54, 1.807) is 11.3 Å². The quantitative estimate of drug-likeness (QED) is 0.878. The summed E-state index contributed by atoms with van der Waals surface area (Å²) in [6, 6.07) is 0.336. The van der Waals surface area contributed by atoms with E-state index in [1.807, 2.05) is 0 Å². The molecule has 2 N–H and O–H groups in total. The summed E-state index contributed by atoms with van der Waals surface area (Å²) in [6.45, 7) is 9.69. The highest BCUT2D eigenvalue weighted by atomic mass is 32.1. The summed E-state index contributed by atoms with van der Waals surface area (Å²) in [6.07, 6.45) is 0. The van der Waals surface area contributed by atoms with Crippen LogP contribution >= 0.6 is 11.3 Å². The van der Waals surface area contributed by atoms with Crippen molar-refractivity contribution in [3.8, 4) is 0 Å².